The van der Waals surface area contributed by atoms with Gasteiger partial charge in [-0.25, -0.2) is 4.99 Å². The minimum absolute atomic E-state index is 0. The summed E-state index contributed by atoms with van der Waals surface area (Å²) < 4.78 is 16.1. The number of nitrogens with two attached hydrogens (primary N) is 1. The maximum Gasteiger partial charge on any atom is 0.193 e. The number of nitrogens with zero attached hydrogens (tertiary/aromatic N) is 1. The number of anilines is 1. The van der Waals surface area contributed by atoms with Crippen LogP contribution in [0.15, 0.2) is 47.5 Å². The lowest BCUT2D eigenvalue weighted by Gasteiger charge is -2.10. The summed E-state index contributed by atoms with van der Waals surface area (Å²) in [5, 5.41) is 3.08. The molecule has 0 aliphatic carbocycles. The molecule has 6 nitrogen and oxygen atoms in total. The van der Waals surface area contributed by atoms with Crippen LogP contribution in [0.2, 0.25) is 0 Å². The van der Waals surface area contributed by atoms with Gasteiger partial charge in [-0.15, -0.1) is 24.0 Å². The van der Waals surface area contributed by atoms with Crippen molar-refractivity contribution in [2.24, 2.45) is 10.7 Å². The number of aryl methyl sites for hydroxylation is 1. The van der Waals surface area contributed by atoms with E-state index in [0.717, 1.165) is 12.1 Å². The topological polar surface area (TPSA) is 78.1 Å². The molecule has 0 bridgehead atoms. The molecule has 2 aromatic carbocycles. The highest BCUT2D eigenvalue weighted by molar-refractivity contribution is 14.0. The Hall–Kier alpha value is -2.16. The molecule has 0 aliphatic rings. The smallest absolute Gasteiger partial charge is 0.193 e. The van der Waals surface area contributed by atoms with E-state index in [4.69, 9.17) is 19.9 Å². The molecule has 142 valence electrons. The second-order valence-electron chi connectivity index (χ2n) is 5.34. The van der Waals surface area contributed by atoms with Gasteiger partial charge in [-0.2, -0.15) is 0 Å². The number of hydrogen-bond acceptors (Lipinski definition) is 4. The average Bonchev–Trinajstić information content (AvgIpc) is 2.65. The van der Waals surface area contributed by atoms with Gasteiger partial charge in [0.1, 0.15) is 23.9 Å². The molecule has 0 aromatic heterocycles. The molecule has 0 unspecified atom stereocenters. The van der Waals surface area contributed by atoms with Gasteiger partial charge < -0.3 is 25.3 Å². The summed E-state index contributed by atoms with van der Waals surface area (Å²) in [4.78, 5) is 4.27. The first kappa shape index (κ1) is 21.9. The molecule has 0 saturated carbocycles. The molecule has 0 saturated heterocycles. The van der Waals surface area contributed by atoms with Crippen LogP contribution in [-0.2, 0) is 6.42 Å². The first-order chi connectivity index (χ1) is 12.1. The fourth-order valence-corrected chi connectivity index (χ4v) is 2.25. The van der Waals surface area contributed by atoms with E-state index in [9.17, 15) is 0 Å². The zero-order valence-electron chi connectivity index (χ0n) is 15.3. The van der Waals surface area contributed by atoms with E-state index in [1.165, 1.54) is 5.56 Å². The van der Waals surface area contributed by atoms with E-state index in [1.807, 2.05) is 12.1 Å². The molecular formula is C19H26IN3O3. The average molecular weight is 471 g/mol. The van der Waals surface area contributed by atoms with Crippen LogP contribution < -0.4 is 25.3 Å². The second-order valence-corrected chi connectivity index (χ2v) is 5.34. The van der Waals surface area contributed by atoms with Crippen LogP contribution in [0.1, 0.15) is 12.5 Å². The van der Waals surface area contributed by atoms with Crippen LogP contribution in [0, 0.1) is 0 Å². The summed E-state index contributed by atoms with van der Waals surface area (Å²) in [6.45, 7) is 2.95. The number of nitrogens with one attached hydrogen (secondary N) is 1. The van der Waals surface area contributed by atoms with E-state index >= 15 is 0 Å². The van der Waals surface area contributed by atoms with Crippen molar-refractivity contribution in [2.45, 2.75) is 13.3 Å². The van der Waals surface area contributed by atoms with Crippen molar-refractivity contribution in [1.29, 1.82) is 0 Å². The Morgan fingerprint density at radius 3 is 2.31 bits per heavy atom. The van der Waals surface area contributed by atoms with Crippen LogP contribution in [0.5, 0.6) is 17.2 Å². The van der Waals surface area contributed by atoms with Crippen molar-refractivity contribution in [3.05, 3.63) is 48.0 Å². The Bertz CT molecular complexity index is 701. The molecule has 0 aliphatic heterocycles. The predicted octanol–water partition coefficient (Wildman–Crippen LogP) is 3.69. The predicted molar refractivity (Wildman–Crippen MR) is 116 cm³/mol. The van der Waals surface area contributed by atoms with Gasteiger partial charge in [-0.05, 0) is 24.1 Å². The van der Waals surface area contributed by atoms with Crippen molar-refractivity contribution in [3.63, 3.8) is 0 Å². The van der Waals surface area contributed by atoms with E-state index < -0.39 is 0 Å². The summed E-state index contributed by atoms with van der Waals surface area (Å²) in [5.41, 5.74) is 8.08. The molecule has 0 amide bonds. The number of hydrogen-bond donors (Lipinski definition) is 2. The SMILES string of the molecule is CCc1cccc(NC(N)=NCCOc2cc(OC)cc(OC)c2)c1.I. The minimum atomic E-state index is 0. The zero-order valence-corrected chi connectivity index (χ0v) is 17.7. The van der Waals surface area contributed by atoms with Crippen LogP contribution in [0.4, 0.5) is 5.69 Å². The summed E-state index contributed by atoms with van der Waals surface area (Å²) in [6, 6.07) is 13.5. The third kappa shape index (κ3) is 6.99. The molecule has 26 heavy (non-hydrogen) atoms. The van der Waals surface area contributed by atoms with E-state index in [1.54, 1.807) is 32.4 Å². The number of benzene rings is 2. The lowest BCUT2D eigenvalue weighted by atomic mass is 10.1. The minimum Gasteiger partial charge on any atom is -0.496 e. The van der Waals surface area contributed by atoms with E-state index in [2.05, 4.69) is 29.4 Å². The summed E-state index contributed by atoms with van der Waals surface area (Å²) in [6.07, 6.45) is 0.977. The monoisotopic (exact) mass is 471 g/mol. The second kappa shape index (κ2) is 11.5. The summed E-state index contributed by atoms with van der Waals surface area (Å²) >= 11 is 0. The van der Waals surface area contributed by atoms with Gasteiger partial charge in [0.05, 0.1) is 20.8 Å². The van der Waals surface area contributed by atoms with Crippen LogP contribution >= 0.6 is 24.0 Å². The van der Waals surface area contributed by atoms with E-state index in [0.29, 0.717) is 36.4 Å². The van der Waals surface area contributed by atoms with Crippen molar-refractivity contribution < 1.29 is 14.2 Å². The third-order valence-corrected chi connectivity index (χ3v) is 3.57. The first-order valence-corrected chi connectivity index (χ1v) is 8.16. The summed E-state index contributed by atoms with van der Waals surface area (Å²) in [7, 11) is 3.20. The van der Waals surface area contributed by atoms with Crippen LogP contribution in [-0.4, -0.2) is 33.3 Å². The van der Waals surface area contributed by atoms with E-state index in [-0.39, 0.29) is 24.0 Å². The Morgan fingerprint density at radius 1 is 1.04 bits per heavy atom. The van der Waals surface area contributed by atoms with Gasteiger partial charge in [0.2, 0.25) is 0 Å². The van der Waals surface area contributed by atoms with Gasteiger partial charge in [-0.1, -0.05) is 19.1 Å². The normalized spacial score (nSPS) is 10.7. The number of ether oxygens (including phenoxy) is 3. The Kier molecular flexibility index (Phi) is 9.64. The number of aliphatic imine (C=N–C) groups is 1. The van der Waals surface area contributed by atoms with Gasteiger partial charge in [0.15, 0.2) is 5.96 Å². The van der Waals surface area contributed by atoms with Gasteiger partial charge >= 0.3 is 0 Å². The Labute approximate surface area is 171 Å². The highest BCUT2D eigenvalue weighted by atomic mass is 127. The Balaban J connectivity index is 0.00000338. The third-order valence-electron chi connectivity index (χ3n) is 3.57. The van der Waals surface area contributed by atoms with Crippen molar-refractivity contribution >= 4 is 35.6 Å². The van der Waals surface area contributed by atoms with Crippen LogP contribution in [0.25, 0.3) is 0 Å². The first-order valence-electron chi connectivity index (χ1n) is 8.16. The molecule has 2 rings (SSSR count). The molecule has 0 radical (unpaired) electrons. The fourth-order valence-electron chi connectivity index (χ4n) is 2.25. The van der Waals surface area contributed by atoms with Gasteiger partial charge in [0.25, 0.3) is 0 Å². The lowest BCUT2D eigenvalue weighted by molar-refractivity contribution is 0.321. The quantitative estimate of drug-likeness (QED) is 0.266. The molecule has 3 N–H and O–H groups in total. The standard InChI is InChI=1S/C19H25N3O3.HI/c1-4-14-6-5-7-15(10-14)22-19(20)21-8-9-25-18-12-16(23-2)11-17(13-18)24-3;/h5-7,10-13H,4,8-9H2,1-3H3,(H3,20,21,22);1H. The number of methoxy groups -OCH3 is 2. The highest BCUT2D eigenvalue weighted by Gasteiger charge is 2.03. The van der Waals surface area contributed by atoms with Crippen molar-refractivity contribution in [2.75, 3.05) is 32.7 Å². The maximum atomic E-state index is 5.91. The highest BCUT2D eigenvalue weighted by Crippen LogP contribution is 2.27. The van der Waals surface area contributed by atoms with Gasteiger partial charge in [0, 0.05) is 23.9 Å². The summed E-state index contributed by atoms with van der Waals surface area (Å²) in [5.74, 6) is 2.37. The Morgan fingerprint density at radius 2 is 1.69 bits per heavy atom. The molecule has 7 heteroatoms. The maximum absolute atomic E-state index is 5.91. The number of rotatable bonds is 8. The largest absolute Gasteiger partial charge is 0.496 e. The molecule has 0 heterocycles. The van der Waals surface area contributed by atoms with Crippen molar-refractivity contribution in [1.82, 2.24) is 0 Å². The number of guanidine groups is 1. The van der Waals surface area contributed by atoms with Crippen LogP contribution in [0.3, 0.4) is 0 Å². The molecule has 0 atom stereocenters. The molecule has 0 fully saturated rings. The lowest BCUT2D eigenvalue weighted by Crippen LogP contribution is -2.23. The zero-order chi connectivity index (χ0) is 18.1. The number of halogens is 1. The molecule has 2 aromatic rings. The molecular weight excluding hydrogens is 445 g/mol. The fraction of sp³-hybridized carbons (Fsp3) is 0.316. The van der Waals surface area contributed by atoms with Gasteiger partial charge in [-0.3, -0.25) is 0 Å². The van der Waals surface area contributed by atoms with Crippen molar-refractivity contribution in [3.8, 4) is 17.2 Å². The molecule has 0 spiro atoms.